The minimum absolute atomic E-state index is 0.0703. The summed E-state index contributed by atoms with van der Waals surface area (Å²) in [7, 11) is -3.64. The second kappa shape index (κ2) is 5.87. The Labute approximate surface area is 126 Å². The molecule has 0 saturated heterocycles. The van der Waals surface area contributed by atoms with Crippen LogP contribution in [0.2, 0.25) is 0 Å². The average molecular weight is 304 g/mol. The molecule has 0 aliphatic rings. The molecule has 2 rings (SSSR count). The van der Waals surface area contributed by atoms with E-state index in [4.69, 9.17) is 5.14 Å². The quantitative estimate of drug-likeness (QED) is 0.911. The van der Waals surface area contributed by atoms with Gasteiger partial charge in [0.25, 0.3) is 0 Å². The molecule has 1 unspecified atom stereocenters. The van der Waals surface area contributed by atoms with Crippen LogP contribution in [0.4, 0.5) is 5.69 Å². The van der Waals surface area contributed by atoms with Crippen molar-refractivity contribution in [2.75, 3.05) is 5.32 Å². The highest BCUT2D eigenvalue weighted by Gasteiger charge is 2.10. The maximum atomic E-state index is 11.2. The van der Waals surface area contributed by atoms with E-state index in [-0.39, 0.29) is 10.9 Å². The maximum absolute atomic E-state index is 11.2. The molecule has 2 aromatic rings. The summed E-state index contributed by atoms with van der Waals surface area (Å²) >= 11 is 0. The Morgan fingerprint density at radius 2 is 1.67 bits per heavy atom. The van der Waals surface area contributed by atoms with Crippen molar-refractivity contribution in [3.8, 4) is 0 Å². The summed E-state index contributed by atoms with van der Waals surface area (Å²) in [5.74, 6) is 0. The van der Waals surface area contributed by atoms with Crippen LogP contribution in [0.3, 0.4) is 0 Å². The van der Waals surface area contributed by atoms with Gasteiger partial charge in [0, 0.05) is 11.7 Å². The predicted molar refractivity (Wildman–Crippen MR) is 85.8 cm³/mol. The zero-order chi connectivity index (χ0) is 15.6. The smallest absolute Gasteiger partial charge is 0.238 e. The molecule has 0 aromatic heterocycles. The Morgan fingerprint density at radius 1 is 1.05 bits per heavy atom. The molecular formula is C16H20N2O2S. The van der Waals surface area contributed by atoms with Crippen molar-refractivity contribution in [2.24, 2.45) is 5.14 Å². The van der Waals surface area contributed by atoms with Crippen molar-refractivity contribution in [3.63, 3.8) is 0 Å². The third-order valence-corrected chi connectivity index (χ3v) is 4.39. The van der Waals surface area contributed by atoms with E-state index in [0.717, 1.165) is 11.3 Å². The molecule has 112 valence electrons. The third kappa shape index (κ3) is 3.83. The van der Waals surface area contributed by atoms with Crippen LogP contribution in [0.1, 0.15) is 29.7 Å². The van der Waals surface area contributed by atoms with Crippen molar-refractivity contribution in [1.29, 1.82) is 0 Å². The van der Waals surface area contributed by atoms with E-state index in [2.05, 4.69) is 37.4 Å². The van der Waals surface area contributed by atoms with Gasteiger partial charge >= 0.3 is 0 Å². The molecule has 0 radical (unpaired) electrons. The van der Waals surface area contributed by atoms with Crippen molar-refractivity contribution in [3.05, 3.63) is 59.2 Å². The zero-order valence-electron chi connectivity index (χ0n) is 12.4. The van der Waals surface area contributed by atoms with Crippen molar-refractivity contribution in [2.45, 2.75) is 31.7 Å². The van der Waals surface area contributed by atoms with Crippen LogP contribution < -0.4 is 10.5 Å². The number of nitrogens with one attached hydrogen (secondary N) is 1. The summed E-state index contributed by atoms with van der Waals surface area (Å²) in [6, 6.07) is 12.9. The fourth-order valence-corrected chi connectivity index (χ4v) is 2.75. The predicted octanol–water partition coefficient (Wildman–Crippen LogP) is 3.12. The lowest BCUT2D eigenvalue weighted by Gasteiger charge is -2.18. The second-order valence-electron chi connectivity index (χ2n) is 5.30. The fraction of sp³-hybridized carbons (Fsp3) is 0.250. The highest BCUT2D eigenvalue weighted by atomic mass is 32.2. The van der Waals surface area contributed by atoms with Gasteiger partial charge in [-0.05, 0) is 50.1 Å². The van der Waals surface area contributed by atoms with E-state index in [1.54, 1.807) is 12.1 Å². The van der Waals surface area contributed by atoms with Crippen LogP contribution in [0.15, 0.2) is 47.4 Å². The summed E-state index contributed by atoms with van der Waals surface area (Å²) in [4.78, 5) is 0.130. The molecule has 1 atom stereocenters. The van der Waals surface area contributed by atoms with Gasteiger partial charge in [0.05, 0.1) is 4.90 Å². The van der Waals surface area contributed by atoms with Crippen molar-refractivity contribution >= 4 is 15.7 Å². The van der Waals surface area contributed by atoms with E-state index in [9.17, 15) is 8.42 Å². The first-order valence-corrected chi connectivity index (χ1v) is 8.28. The summed E-state index contributed by atoms with van der Waals surface area (Å²) in [5, 5.41) is 8.53. The van der Waals surface area contributed by atoms with E-state index < -0.39 is 10.0 Å². The number of nitrogens with two attached hydrogens (primary N) is 1. The molecule has 0 bridgehead atoms. The average Bonchev–Trinajstić information content (AvgIpc) is 2.41. The second-order valence-corrected chi connectivity index (χ2v) is 6.86. The van der Waals surface area contributed by atoms with Crippen LogP contribution in [-0.4, -0.2) is 8.42 Å². The number of sulfonamides is 1. The van der Waals surface area contributed by atoms with Gasteiger partial charge in [-0.1, -0.05) is 29.8 Å². The lowest BCUT2D eigenvalue weighted by molar-refractivity contribution is 0.597. The molecule has 0 aliphatic carbocycles. The van der Waals surface area contributed by atoms with Gasteiger partial charge in [-0.15, -0.1) is 0 Å². The Hall–Kier alpha value is -1.85. The lowest BCUT2D eigenvalue weighted by Crippen LogP contribution is -2.13. The highest BCUT2D eigenvalue weighted by Crippen LogP contribution is 2.23. The number of primary sulfonamides is 1. The molecule has 0 heterocycles. The molecule has 0 aliphatic heterocycles. The first-order valence-electron chi connectivity index (χ1n) is 6.74. The first kappa shape index (κ1) is 15.5. The zero-order valence-corrected chi connectivity index (χ0v) is 13.2. The SMILES string of the molecule is Cc1ccc(NC(C)c2ccc(S(N)(=O)=O)cc2)c(C)c1. The maximum Gasteiger partial charge on any atom is 0.238 e. The van der Waals surface area contributed by atoms with Gasteiger partial charge in [-0.25, -0.2) is 13.6 Å². The molecule has 0 amide bonds. The standard InChI is InChI=1S/C16H20N2O2S/c1-11-4-9-16(12(2)10-11)18-13(3)14-5-7-15(8-6-14)21(17,19)20/h4-10,13,18H,1-3H3,(H2,17,19,20). The van der Waals surface area contributed by atoms with Crippen molar-refractivity contribution < 1.29 is 8.42 Å². The minimum atomic E-state index is -3.64. The molecule has 0 saturated carbocycles. The van der Waals surface area contributed by atoms with Gasteiger partial charge in [0.15, 0.2) is 0 Å². The van der Waals surface area contributed by atoms with Crippen LogP contribution >= 0.6 is 0 Å². The van der Waals surface area contributed by atoms with Crippen molar-refractivity contribution in [1.82, 2.24) is 0 Å². The Balaban J connectivity index is 2.18. The largest absolute Gasteiger partial charge is 0.378 e. The number of anilines is 1. The number of rotatable bonds is 4. The Kier molecular flexibility index (Phi) is 4.34. The van der Waals surface area contributed by atoms with Gasteiger partial charge in [0.2, 0.25) is 10.0 Å². The molecule has 3 N–H and O–H groups in total. The molecule has 21 heavy (non-hydrogen) atoms. The summed E-state index contributed by atoms with van der Waals surface area (Å²) in [6.45, 7) is 6.16. The van der Waals surface area contributed by atoms with Crippen LogP contribution in [0, 0.1) is 13.8 Å². The Bertz CT molecular complexity index is 737. The Morgan fingerprint density at radius 3 is 2.19 bits per heavy atom. The number of aryl methyl sites for hydroxylation is 2. The van der Waals surface area contributed by atoms with E-state index in [1.165, 1.54) is 23.3 Å². The summed E-state index contributed by atoms with van der Waals surface area (Å²) in [5.41, 5.74) is 4.48. The van der Waals surface area contributed by atoms with Gasteiger partial charge in [-0.3, -0.25) is 0 Å². The minimum Gasteiger partial charge on any atom is -0.378 e. The van der Waals surface area contributed by atoms with Crippen LogP contribution in [0.5, 0.6) is 0 Å². The van der Waals surface area contributed by atoms with Crippen LogP contribution in [-0.2, 0) is 10.0 Å². The van der Waals surface area contributed by atoms with Gasteiger partial charge in [0.1, 0.15) is 0 Å². The lowest BCUT2D eigenvalue weighted by atomic mass is 10.1. The van der Waals surface area contributed by atoms with Gasteiger partial charge < -0.3 is 5.32 Å². The summed E-state index contributed by atoms with van der Waals surface area (Å²) < 4.78 is 22.5. The van der Waals surface area contributed by atoms with E-state index in [1.807, 2.05) is 6.92 Å². The molecule has 4 nitrogen and oxygen atoms in total. The molecular weight excluding hydrogens is 284 g/mol. The van der Waals surface area contributed by atoms with E-state index >= 15 is 0 Å². The highest BCUT2D eigenvalue weighted by molar-refractivity contribution is 7.89. The topological polar surface area (TPSA) is 72.2 Å². The van der Waals surface area contributed by atoms with E-state index in [0.29, 0.717) is 0 Å². The first-order chi connectivity index (χ1) is 9.77. The molecule has 5 heteroatoms. The third-order valence-electron chi connectivity index (χ3n) is 3.46. The van der Waals surface area contributed by atoms with Gasteiger partial charge in [-0.2, -0.15) is 0 Å². The number of hydrogen-bond acceptors (Lipinski definition) is 3. The number of benzene rings is 2. The fourth-order valence-electron chi connectivity index (χ4n) is 2.24. The molecule has 0 spiro atoms. The molecule has 2 aromatic carbocycles. The number of hydrogen-bond donors (Lipinski definition) is 2. The monoisotopic (exact) mass is 304 g/mol. The summed E-state index contributed by atoms with van der Waals surface area (Å²) in [6.07, 6.45) is 0. The normalized spacial score (nSPS) is 13.0. The van der Waals surface area contributed by atoms with Crippen LogP contribution in [0.25, 0.3) is 0 Å². The molecule has 0 fully saturated rings.